The van der Waals surface area contributed by atoms with E-state index in [9.17, 15) is 0 Å². The van der Waals surface area contributed by atoms with Crippen molar-refractivity contribution in [2.24, 2.45) is 5.92 Å². The third-order valence-electron chi connectivity index (χ3n) is 2.25. The van der Waals surface area contributed by atoms with Gasteiger partial charge in [-0.25, -0.2) is 0 Å². The SMILES string of the molecule is CNCC1CCC1NC. The molecule has 2 nitrogen and oxygen atoms in total. The van der Waals surface area contributed by atoms with Gasteiger partial charge in [-0.1, -0.05) is 0 Å². The van der Waals surface area contributed by atoms with Crippen molar-refractivity contribution >= 4 is 0 Å². The predicted octanol–water partition coefficient (Wildman–Crippen LogP) is 0.204. The molecule has 0 aromatic heterocycles. The van der Waals surface area contributed by atoms with Crippen LogP contribution in [0.25, 0.3) is 0 Å². The van der Waals surface area contributed by atoms with Gasteiger partial charge in [0, 0.05) is 6.04 Å². The molecule has 0 heterocycles. The van der Waals surface area contributed by atoms with Gasteiger partial charge in [-0.2, -0.15) is 0 Å². The first kappa shape index (κ1) is 7.03. The molecule has 1 aliphatic carbocycles. The van der Waals surface area contributed by atoms with Crippen LogP contribution < -0.4 is 10.6 Å². The molecule has 1 fully saturated rings. The molecule has 2 heteroatoms. The van der Waals surface area contributed by atoms with Crippen molar-refractivity contribution in [3.05, 3.63) is 0 Å². The fourth-order valence-electron chi connectivity index (χ4n) is 1.46. The fraction of sp³-hybridized carbons (Fsp3) is 1.00. The topological polar surface area (TPSA) is 24.1 Å². The molecule has 0 aliphatic heterocycles. The molecular weight excluding hydrogens is 112 g/mol. The number of hydrogen-bond acceptors (Lipinski definition) is 2. The molecule has 0 spiro atoms. The molecule has 0 bridgehead atoms. The quantitative estimate of drug-likeness (QED) is 0.567. The van der Waals surface area contributed by atoms with Crippen LogP contribution in [-0.4, -0.2) is 26.7 Å². The van der Waals surface area contributed by atoms with Crippen LogP contribution in [0, 0.1) is 5.92 Å². The van der Waals surface area contributed by atoms with Gasteiger partial charge in [-0.3, -0.25) is 0 Å². The second-order valence-corrected chi connectivity index (χ2v) is 2.79. The van der Waals surface area contributed by atoms with Crippen molar-refractivity contribution < 1.29 is 0 Å². The summed E-state index contributed by atoms with van der Waals surface area (Å²) in [6.07, 6.45) is 2.76. The van der Waals surface area contributed by atoms with Crippen molar-refractivity contribution in [3.8, 4) is 0 Å². The van der Waals surface area contributed by atoms with Crippen LogP contribution in [0.4, 0.5) is 0 Å². The molecular formula is C7H16N2. The fourth-order valence-corrected chi connectivity index (χ4v) is 1.46. The molecule has 1 saturated carbocycles. The van der Waals surface area contributed by atoms with E-state index in [1.54, 1.807) is 0 Å². The maximum atomic E-state index is 3.30. The average molecular weight is 128 g/mol. The van der Waals surface area contributed by atoms with E-state index < -0.39 is 0 Å². The first-order valence-electron chi connectivity index (χ1n) is 3.70. The summed E-state index contributed by atoms with van der Waals surface area (Å²) in [5.41, 5.74) is 0. The normalized spacial score (nSPS) is 34.0. The van der Waals surface area contributed by atoms with Crippen molar-refractivity contribution in [1.82, 2.24) is 10.6 Å². The summed E-state index contributed by atoms with van der Waals surface area (Å²) >= 11 is 0. The van der Waals surface area contributed by atoms with Gasteiger partial charge >= 0.3 is 0 Å². The van der Waals surface area contributed by atoms with Crippen LogP contribution in [0.5, 0.6) is 0 Å². The van der Waals surface area contributed by atoms with Gasteiger partial charge in [0.25, 0.3) is 0 Å². The number of hydrogen-bond donors (Lipinski definition) is 2. The van der Waals surface area contributed by atoms with Gasteiger partial charge in [0.15, 0.2) is 0 Å². The van der Waals surface area contributed by atoms with Crippen LogP contribution in [0.1, 0.15) is 12.8 Å². The monoisotopic (exact) mass is 128 g/mol. The Morgan fingerprint density at radius 2 is 2.11 bits per heavy atom. The first-order valence-corrected chi connectivity index (χ1v) is 3.70. The summed E-state index contributed by atoms with van der Waals surface area (Å²) in [7, 11) is 4.07. The lowest BCUT2D eigenvalue weighted by molar-refractivity contribution is 0.218. The van der Waals surface area contributed by atoms with Crippen LogP contribution >= 0.6 is 0 Å². The van der Waals surface area contributed by atoms with Crippen molar-refractivity contribution in [1.29, 1.82) is 0 Å². The highest BCUT2D eigenvalue weighted by Gasteiger charge is 2.27. The van der Waals surface area contributed by atoms with Gasteiger partial charge in [0.1, 0.15) is 0 Å². The van der Waals surface area contributed by atoms with Crippen molar-refractivity contribution in [2.45, 2.75) is 18.9 Å². The minimum absolute atomic E-state index is 0.789. The summed E-state index contributed by atoms with van der Waals surface area (Å²) in [6.45, 7) is 1.17. The summed E-state index contributed by atoms with van der Waals surface area (Å²) in [4.78, 5) is 0. The minimum atomic E-state index is 0.789. The van der Waals surface area contributed by atoms with Gasteiger partial charge < -0.3 is 10.6 Å². The predicted molar refractivity (Wildman–Crippen MR) is 39.5 cm³/mol. The second-order valence-electron chi connectivity index (χ2n) is 2.79. The third-order valence-corrected chi connectivity index (χ3v) is 2.25. The Morgan fingerprint density at radius 1 is 1.33 bits per heavy atom. The lowest BCUT2D eigenvalue weighted by Gasteiger charge is -2.36. The van der Waals surface area contributed by atoms with E-state index in [1.807, 2.05) is 14.1 Å². The van der Waals surface area contributed by atoms with E-state index in [2.05, 4.69) is 10.6 Å². The standard InChI is InChI=1S/C7H16N2/c1-8-5-6-3-4-7(6)9-2/h6-9H,3-5H2,1-2H3. The molecule has 0 saturated heterocycles. The first-order chi connectivity index (χ1) is 4.38. The van der Waals surface area contributed by atoms with Crippen LogP contribution in [0.15, 0.2) is 0 Å². The van der Waals surface area contributed by atoms with Crippen molar-refractivity contribution in [2.75, 3.05) is 20.6 Å². The molecule has 0 amide bonds. The Bertz CT molecular complexity index is 81.0. The lowest BCUT2D eigenvalue weighted by Crippen LogP contribution is -2.46. The molecule has 54 valence electrons. The summed E-state index contributed by atoms with van der Waals surface area (Å²) < 4.78 is 0. The molecule has 2 atom stereocenters. The number of rotatable bonds is 3. The zero-order valence-electron chi connectivity index (χ0n) is 6.28. The highest BCUT2D eigenvalue weighted by molar-refractivity contribution is 4.86. The summed E-state index contributed by atoms with van der Waals surface area (Å²) in [5, 5.41) is 6.49. The Labute approximate surface area is 57.0 Å². The van der Waals surface area contributed by atoms with Crippen LogP contribution in [-0.2, 0) is 0 Å². The zero-order chi connectivity index (χ0) is 6.69. The van der Waals surface area contributed by atoms with E-state index >= 15 is 0 Å². The molecule has 1 aliphatic rings. The van der Waals surface area contributed by atoms with E-state index in [0.717, 1.165) is 12.0 Å². The molecule has 2 unspecified atom stereocenters. The van der Waals surface area contributed by atoms with Gasteiger partial charge in [0.2, 0.25) is 0 Å². The zero-order valence-corrected chi connectivity index (χ0v) is 6.28. The lowest BCUT2D eigenvalue weighted by atomic mass is 9.80. The molecule has 0 aromatic carbocycles. The van der Waals surface area contributed by atoms with Gasteiger partial charge in [0.05, 0.1) is 0 Å². The molecule has 0 aromatic rings. The highest BCUT2D eigenvalue weighted by Crippen LogP contribution is 2.25. The van der Waals surface area contributed by atoms with E-state index in [-0.39, 0.29) is 0 Å². The maximum absolute atomic E-state index is 3.30. The Kier molecular flexibility index (Phi) is 2.49. The van der Waals surface area contributed by atoms with Crippen LogP contribution in [0.3, 0.4) is 0 Å². The largest absolute Gasteiger partial charge is 0.319 e. The highest BCUT2D eigenvalue weighted by atomic mass is 14.9. The van der Waals surface area contributed by atoms with Crippen LogP contribution in [0.2, 0.25) is 0 Å². The van der Waals surface area contributed by atoms with E-state index in [4.69, 9.17) is 0 Å². The third kappa shape index (κ3) is 1.43. The Morgan fingerprint density at radius 3 is 2.44 bits per heavy atom. The van der Waals surface area contributed by atoms with Crippen molar-refractivity contribution in [3.63, 3.8) is 0 Å². The Hall–Kier alpha value is -0.0800. The number of nitrogens with one attached hydrogen (secondary N) is 2. The van der Waals surface area contributed by atoms with Gasteiger partial charge in [-0.05, 0) is 39.4 Å². The smallest absolute Gasteiger partial charge is 0.0105 e. The minimum Gasteiger partial charge on any atom is -0.319 e. The molecule has 2 N–H and O–H groups in total. The summed E-state index contributed by atoms with van der Waals surface area (Å²) in [5.74, 6) is 0.889. The molecule has 1 rings (SSSR count). The summed E-state index contributed by atoms with van der Waals surface area (Å²) in [6, 6.07) is 0.789. The second kappa shape index (κ2) is 3.18. The Balaban J connectivity index is 2.11. The maximum Gasteiger partial charge on any atom is 0.0105 e. The van der Waals surface area contributed by atoms with E-state index in [0.29, 0.717) is 0 Å². The van der Waals surface area contributed by atoms with Gasteiger partial charge in [-0.15, -0.1) is 0 Å². The molecule has 0 radical (unpaired) electrons. The average Bonchev–Trinajstić information content (AvgIpc) is 1.82. The van der Waals surface area contributed by atoms with E-state index in [1.165, 1.54) is 19.4 Å². The molecule has 9 heavy (non-hydrogen) atoms.